The Labute approximate surface area is 122 Å². The van der Waals surface area contributed by atoms with Crippen molar-refractivity contribution in [3.8, 4) is 0 Å². The van der Waals surface area contributed by atoms with Gasteiger partial charge in [0.15, 0.2) is 0 Å². The lowest BCUT2D eigenvalue weighted by Crippen LogP contribution is -2.34. The second-order valence-corrected chi connectivity index (χ2v) is 7.31. The van der Waals surface area contributed by atoms with Gasteiger partial charge in [0.1, 0.15) is 5.58 Å². The lowest BCUT2D eigenvalue weighted by atomic mass is 9.82. The Morgan fingerprint density at radius 3 is 2.40 bits per heavy atom. The average Bonchev–Trinajstić information content (AvgIpc) is 2.77. The van der Waals surface area contributed by atoms with Gasteiger partial charge in [-0.25, -0.2) is 0 Å². The fourth-order valence-electron chi connectivity index (χ4n) is 2.20. The number of rotatable bonds is 4. The van der Waals surface area contributed by atoms with E-state index in [1.165, 1.54) is 16.5 Å². The minimum absolute atomic E-state index is 0.115. The molecule has 1 N–H and O–H groups in total. The van der Waals surface area contributed by atoms with Crippen molar-refractivity contribution < 1.29 is 4.42 Å². The van der Waals surface area contributed by atoms with Crippen molar-refractivity contribution in [2.24, 2.45) is 0 Å². The summed E-state index contributed by atoms with van der Waals surface area (Å²) in [7, 11) is 0. The van der Waals surface area contributed by atoms with Crippen molar-refractivity contribution in [2.45, 2.75) is 65.5 Å². The van der Waals surface area contributed by atoms with Crippen LogP contribution in [0.1, 0.15) is 59.1 Å². The molecular weight excluding hydrogens is 246 g/mol. The van der Waals surface area contributed by atoms with Crippen LogP contribution in [0, 0.1) is 0 Å². The summed E-state index contributed by atoms with van der Waals surface area (Å²) in [6.45, 7) is 14.2. The zero-order valence-corrected chi connectivity index (χ0v) is 13.6. The van der Waals surface area contributed by atoms with Crippen molar-refractivity contribution in [3.63, 3.8) is 0 Å². The Hall–Kier alpha value is -1.28. The summed E-state index contributed by atoms with van der Waals surface area (Å²) >= 11 is 0. The molecule has 0 unspecified atom stereocenters. The average molecular weight is 273 g/mol. The summed E-state index contributed by atoms with van der Waals surface area (Å²) in [6, 6.07) is 6.58. The van der Waals surface area contributed by atoms with Crippen molar-refractivity contribution in [1.29, 1.82) is 0 Å². The normalized spacial score (nSPS) is 13.1. The zero-order valence-electron chi connectivity index (χ0n) is 13.6. The SMILES string of the molecule is CCC(C)(C)c1ccc2occ(CNC(C)(C)C)c2c1. The molecule has 0 spiro atoms. The first-order valence-electron chi connectivity index (χ1n) is 7.48. The first-order valence-corrected chi connectivity index (χ1v) is 7.48. The fraction of sp³-hybridized carbons (Fsp3) is 0.556. The largest absolute Gasteiger partial charge is 0.464 e. The van der Waals surface area contributed by atoms with Crippen LogP contribution < -0.4 is 5.32 Å². The topological polar surface area (TPSA) is 25.2 Å². The van der Waals surface area contributed by atoms with E-state index in [0.29, 0.717) is 0 Å². The van der Waals surface area contributed by atoms with E-state index in [4.69, 9.17) is 4.42 Å². The van der Waals surface area contributed by atoms with Crippen molar-refractivity contribution in [2.75, 3.05) is 0 Å². The molecule has 2 nitrogen and oxygen atoms in total. The summed E-state index contributed by atoms with van der Waals surface area (Å²) in [5.74, 6) is 0. The third kappa shape index (κ3) is 3.24. The lowest BCUT2D eigenvalue weighted by molar-refractivity contribution is 0.423. The Morgan fingerprint density at radius 2 is 1.80 bits per heavy atom. The van der Waals surface area contributed by atoms with Gasteiger partial charge in [0.25, 0.3) is 0 Å². The van der Waals surface area contributed by atoms with Gasteiger partial charge in [-0.3, -0.25) is 0 Å². The molecule has 110 valence electrons. The van der Waals surface area contributed by atoms with Gasteiger partial charge in [0, 0.05) is 23.0 Å². The van der Waals surface area contributed by atoms with Gasteiger partial charge in [-0.05, 0) is 50.3 Å². The Balaban J connectivity index is 2.35. The molecule has 0 aliphatic carbocycles. The van der Waals surface area contributed by atoms with Gasteiger partial charge in [0.2, 0.25) is 0 Å². The maximum atomic E-state index is 5.68. The van der Waals surface area contributed by atoms with Gasteiger partial charge in [-0.15, -0.1) is 0 Å². The zero-order chi connectivity index (χ0) is 15.0. The first kappa shape index (κ1) is 15.1. The Bertz CT molecular complexity index is 587. The molecule has 0 saturated carbocycles. The summed E-state index contributed by atoms with van der Waals surface area (Å²) in [5.41, 5.74) is 3.92. The van der Waals surface area contributed by atoms with Crippen molar-refractivity contribution >= 4 is 11.0 Å². The van der Waals surface area contributed by atoms with Crippen molar-refractivity contribution in [3.05, 3.63) is 35.6 Å². The highest BCUT2D eigenvalue weighted by Gasteiger charge is 2.19. The fourth-order valence-corrected chi connectivity index (χ4v) is 2.20. The van der Waals surface area contributed by atoms with E-state index in [2.05, 4.69) is 65.1 Å². The molecule has 0 amide bonds. The molecular formula is C18H27NO. The first-order chi connectivity index (χ1) is 9.23. The third-order valence-corrected chi connectivity index (χ3v) is 4.13. The van der Waals surface area contributed by atoms with Crippen LogP contribution in [-0.4, -0.2) is 5.54 Å². The molecule has 0 aliphatic rings. The molecule has 0 fully saturated rings. The number of fused-ring (bicyclic) bond motifs is 1. The standard InChI is InChI=1S/C18H27NO/c1-7-18(5,6)14-8-9-16-15(10-14)13(12-20-16)11-19-17(2,3)4/h8-10,12,19H,7,11H2,1-6H3. The van der Waals surface area contributed by atoms with E-state index in [9.17, 15) is 0 Å². The molecule has 1 aromatic heterocycles. The molecule has 1 aromatic carbocycles. The lowest BCUT2D eigenvalue weighted by Gasteiger charge is -2.23. The van der Waals surface area contributed by atoms with Crippen LogP contribution in [0.2, 0.25) is 0 Å². The highest BCUT2D eigenvalue weighted by Crippen LogP contribution is 2.31. The summed E-state index contributed by atoms with van der Waals surface area (Å²) in [4.78, 5) is 0. The minimum atomic E-state index is 0.115. The maximum Gasteiger partial charge on any atom is 0.134 e. The van der Waals surface area contributed by atoms with Gasteiger partial charge in [0.05, 0.1) is 6.26 Å². The second-order valence-electron chi connectivity index (χ2n) is 7.31. The monoisotopic (exact) mass is 273 g/mol. The molecule has 0 radical (unpaired) electrons. The van der Waals surface area contributed by atoms with E-state index >= 15 is 0 Å². The summed E-state index contributed by atoms with van der Waals surface area (Å²) in [5, 5.41) is 4.77. The molecule has 1 heterocycles. The summed E-state index contributed by atoms with van der Waals surface area (Å²) < 4.78 is 5.68. The van der Waals surface area contributed by atoms with Crippen LogP contribution in [0.3, 0.4) is 0 Å². The van der Waals surface area contributed by atoms with Crippen molar-refractivity contribution in [1.82, 2.24) is 5.32 Å². The minimum Gasteiger partial charge on any atom is -0.464 e. The van der Waals surface area contributed by atoms with Gasteiger partial charge < -0.3 is 9.73 Å². The van der Waals surface area contributed by atoms with Crippen LogP contribution in [0.4, 0.5) is 0 Å². The quantitative estimate of drug-likeness (QED) is 0.847. The predicted octanol–water partition coefficient (Wildman–Crippen LogP) is 5.01. The molecule has 0 saturated heterocycles. The highest BCUT2D eigenvalue weighted by atomic mass is 16.3. The van der Waals surface area contributed by atoms with Gasteiger partial charge in [-0.2, -0.15) is 0 Å². The predicted molar refractivity (Wildman–Crippen MR) is 86.1 cm³/mol. The van der Waals surface area contributed by atoms with Crippen LogP contribution in [0.5, 0.6) is 0 Å². The van der Waals surface area contributed by atoms with Gasteiger partial charge >= 0.3 is 0 Å². The Morgan fingerprint density at radius 1 is 1.10 bits per heavy atom. The molecule has 0 atom stereocenters. The van der Waals surface area contributed by atoms with E-state index in [-0.39, 0.29) is 11.0 Å². The van der Waals surface area contributed by atoms with E-state index < -0.39 is 0 Å². The third-order valence-electron chi connectivity index (χ3n) is 4.13. The smallest absolute Gasteiger partial charge is 0.134 e. The van der Waals surface area contributed by atoms with E-state index in [1.54, 1.807) is 0 Å². The highest BCUT2D eigenvalue weighted by molar-refractivity contribution is 5.82. The summed E-state index contributed by atoms with van der Waals surface area (Å²) in [6.07, 6.45) is 3.01. The van der Waals surface area contributed by atoms with Crippen LogP contribution >= 0.6 is 0 Å². The molecule has 2 heteroatoms. The molecule has 0 aliphatic heterocycles. The maximum absolute atomic E-state index is 5.68. The van der Waals surface area contributed by atoms with Crippen LogP contribution in [0.15, 0.2) is 28.9 Å². The van der Waals surface area contributed by atoms with Crippen LogP contribution in [0.25, 0.3) is 11.0 Å². The number of furan rings is 1. The molecule has 2 aromatic rings. The number of benzene rings is 1. The van der Waals surface area contributed by atoms with Crippen LogP contribution in [-0.2, 0) is 12.0 Å². The molecule has 20 heavy (non-hydrogen) atoms. The van der Waals surface area contributed by atoms with Gasteiger partial charge in [-0.1, -0.05) is 26.8 Å². The Kier molecular flexibility index (Phi) is 3.97. The number of hydrogen-bond donors (Lipinski definition) is 1. The molecule has 2 rings (SSSR count). The number of hydrogen-bond acceptors (Lipinski definition) is 2. The molecule has 0 bridgehead atoms. The number of nitrogens with one attached hydrogen (secondary N) is 1. The van der Waals surface area contributed by atoms with E-state index in [1.807, 2.05) is 6.26 Å². The second kappa shape index (κ2) is 5.25. The van der Waals surface area contributed by atoms with E-state index in [0.717, 1.165) is 18.5 Å².